The van der Waals surface area contributed by atoms with Crippen molar-refractivity contribution in [1.29, 1.82) is 0 Å². The molecule has 6 nitrogen and oxygen atoms in total. The highest BCUT2D eigenvalue weighted by molar-refractivity contribution is 5.36. The van der Waals surface area contributed by atoms with Gasteiger partial charge in [0.15, 0.2) is 0 Å². The van der Waals surface area contributed by atoms with Crippen LogP contribution in [0.15, 0.2) is 12.4 Å². The average Bonchev–Trinajstić information content (AvgIpc) is 2.41. The Morgan fingerprint density at radius 3 is 2.70 bits per heavy atom. The molecule has 20 heavy (non-hydrogen) atoms. The monoisotopic (exact) mass is 279 g/mol. The summed E-state index contributed by atoms with van der Waals surface area (Å²) < 4.78 is 5.56. The lowest BCUT2D eigenvalue weighted by Crippen LogP contribution is -2.45. The van der Waals surface area contributed by atoms with Crippen molar-refractivity contribution < 1.29 is 4.74 Å². The maximum Gasteiger partial charge on any atom is 0.218 e. The normalized spacial score (nSPS) is 17.4. The second kappa shape index (κ2) is 7.40. The number of hydrogen-bond donors (Lipinski definition) is 1. The van der Waals surface area contributed by atoms with E-state index in [-0.39, 0.29) is 6.10 Å². The Morgan fingerprint density at radius 1 is 1.25 bits per heavy atom. The Morgan fingerprint density at radius 2 is 2.00 bits per heavy atom. The number of piperazine rings is 1. The molecule has 0 saturated carbocycles. The van der Waals surface area contributed by atoms with Gasteiger partial charge in [0, 0.05) is 45.3 Å². The fraction of sp³-hybridized carbons (Fsp3) is 0.714. The first-order chi connectivity index (χ1) is 9.63. The van der Waals surface area contributed by atoms with E-state index in [0.717, 1.165) is 45.1 Å². The lowest BCUT2D eigenvalue weighted by atomic mass is 10.3. The molecule has 1 aliphatic heterocycles. The summed E-state index contributed by atoms with van der Waals surface area (Å²) in [6.07, 6.45) is 1.67. The van der Waals surface area contributed by atoms with Gasteiger partial charge in [-0.1, -0.05) is 0 Å². The summed E-state index contributed by atoms with van der Waals surface area (Å²) in [5, 5.41) is 3.33. The molecule has 1 fully saturated rings. The predicted molar refractivity (Wildman–Crippen MR) is 80.2 cm³/mol. The summed E-state index contributed by atoms with van der Waals surface area (Å²) >= 11 is 0. The summed E-state index contributed by atoms with van der Waals surface area (Å²) in [5.74, 6) is 1.45. The molecule has 112 valence electrons. The van der Waals surface area contributed by atoms with E-state index in [1.54, 1.807) is 0 Å². The number of hydrogen-bond acceptors (Lipinski definition) is 6. The second-order valence-electron chi connectivity index (χ2n) is 5.48. The number of ether oxygens (including phenoxy) is 1. The molecule has 1 aromatic heterocycles. The van der Waals surface area contributed by atoms with Crippen molar-refractivity contribution in [2.45, 2.75) is 20.0 Å². The average molecular weight is 279 g/mol. The minimum atomic E-state index is 0.128. The minimum absolute atomic E-state index is 0.128. The van der Waals surface area contributed by atoms with Crippen molar-refractivity contribution in [2.24, 2.45) is 0 Å². The molecule has 6 heteroatoms. The highest BCUT2D eigenvalue weighted by Crippen LogP contribution is 2.12. The summed E-state index contributed by atoms with van der Waals surface area (Å²) in [5.41, 5.74) is 0. The molecule has 2 rings (SSSR count). The molecule has 0 aromatic carbocycles. The number of anilines is 1. The van der Waals surface area contributed by atoms with Crippen LogP contribution >= 0.6 is 0 Å². The highest BCUT2D eigenvalue weighted by Gasteiger charge is 2.12. The number of likely N-dealkylation sites (N-methyl/N-ethyl adjacent to an activating group) is 1. The fourth-order valence-corrected chi connectivity index (χ4v) is 2.16. The van der Waals surface area contributed by atoms with Gasteiger partial charge in [-0.25, -0.2) is 9.97 Å². The molecule has 0 atom stereocenters. The first kappa shape index (κ1) is 15.0. The molecular weight excluding hydrogens is 254 g/mol. The van der Waals surface area contributed by atoms with Gasteiger partial charge in [0.1, 0.15) is 12.1 Å². The van der Waals surface area contributed by atoms with E-state index in [0.29, 0.717) is 5.88 Å². The molecule has 0 aliphatic carbocycles. The quantitative estimate of drug-likeness (QED) is 0.836. The first-order valence-corrected chi connectivity index (χ1v) is 7.27. The molecule has 0 unspecified atom stereocenters. The van der Waals surface area contributed by atoms with E-state index >= 15 is 0 Å². The summed E-state index contributed by atoms with van der Waals surface area (Å²) in [6.45, 7) is 10.5. The van der Waals surface area contributed by atoms with Crippen LogP contribution in [0.5, 0.6) is 5.88 Å². The third-order valence-corrected chi connectivity index (χ3v) is 3.33. The number of rotatable bonds is 6. The number of aromatic nitrogens is 2. The third kappa shape index (κ3) is 4.94. The van der Waals surface area contributed by atoms with E-state index in [1.165, 1.54) is 6.33 Å². The minimum Gasteiger partial charge on any atom is -0.475 e. The van der Waals surface area contributed by atoms with Crippen molar-refractivity contribution in [3.8, 4) is 5.88 Å². The van der Waals surface area contributed by atoms with Gasteiger partial charge in [-0.2, -0.15) is 0 Å². The van der Waals surface area contributed by atoms with Crippen LogP contribution in [0.4, 0.5) is 5.82 Å². The van der Waals surface area contributed by atoms with Gasteiger partial charge in [-0.05, 0) is 20.9 Å². The standard InChI is InChI=1S/C14H25N5O/c1-12(2)20-14-10-13(16-11-17-14)15-4-5-19-8-6-18(3)7-9-19/h10-12H,4-9H2,1-3H3,(H,15,16,17). The zero-order chi connectivity index (χ0) is 14.4. The van der Waals surface area contributed by atoms with Crippen molar-refractivity contribution in [3.63, 3.8) is 0 Å². The Balaban J connectivity index is 1.73. The zero-order valence-corrected chi connectivity index (χ0v) is 12.7. The van der Waals surface area contributed by atoms with Crippen LogP contribution in [0.2, 0.25) is 0 Å². The topological polar surface area (TPSA) is 53.5 Å². The lowest BCUT2D eigenvalue weighted by molar-refractivity contribution is 0.158. The largest absolute Gasteiger partial charge is 0.475 e. The maximum atomic E-state index is 5.56. The molecule has 0 bridgehead atoms. The molecule has 0 radical (unpaired) electrons. The SMILES string of the molecule is CC(C)Oc1cc(NCCN2CCN(C)CC2)ncn1. The van der Waals surface area contributed by atoms with Gasteiger partial charge in [0.25, 0.3) is 0 Å². The van der Waals surface area contributed by atoms with Gasteiger partial charge >= 0.3 is 0 Å². The Labute approximate surface area is 121 Å². The van der Waals surface area contributed by atoms with E-state index in [1.807, 2.05) is 19.9 Å². The molecule has 1 saturated heterocycles. The molecule has 1 aliphatic rings. The molecule has 1 N–H and O–H groups in total. The van der Waals surface area contributed by atoms with Gasteiger partial charge in [-0.3, -0.25) is 4.90 Å². The fourth-order valence-electron chi connectivity index (χ4n) is 2.16. The summed E-state index contributed by atoms with van der Waals surface area (Å²) in [6, 6.07) is 1.85. The Hall–Kier alpha value is -1.40. The Bertz CT molecular complexity index is 404. The van der Waals surface area contributed by atoms with Crippen molar-refractivity contribution in [3.05, 3.63) is 12.4 Å². The van der Waals surface area contributed by atoms with Crippen LogP contribution in [0.1, 0.15) is 13.8 Å². The highest BCUT2D eigenvalue weighted by atomic mass is 16.5. The number of nitrogens with zero attached hydrogens (tertiary/aromatic N) is 4. The van der Waals surface area contributed by atoms with Gasteiger partial charge in [-0.15, -0.1) is 0 Å². The number of nitrogens with one attached hydrogen (secondary N) is 1. The maximum absolute atomic E-state index is 5.56. The van der Waals surface area contributed by atoms with Gasteiger partial charge in [0.2, 0.25) is 5.88 Å². The molecule has 1 aromatic rings. The van der Waals surface area contributed by atoms with Crippen LogP contribution < -0.4 is 10.1 Å². The smallest absolute Gasteiger partial charge is 0.218 e. The van der Waals surface area contributed by atoms with Crippen LogP contribution in [0, 0.1) is 0 Å². The van der Waals surface area contributed by atoms with E-state index in [9.17, 15) is 0 Å². The molecule has 2 heterocycles. The van der Waals surface area contributed by atoms with Crippen LogP contribution in [0.25, 0.3) is 0 Å². The first-order valence-electron chi connectivity index (χ1n) is 7.27. The van der Waals surface area contributed by atoms with E-state index in [2.05, 4.69) is 32.1 Å². The summed E-state index contributed by atoms with van der Waals surface area (Å²) in [4.78, 5) is 13.1. The molecular formula is C14H25N5O. The third-order valence-electron chi connectivity index (χ3n) is 3.33. The zero-order valence-electron chi connectivity index (χ0n) is 12.7. The predicted octanol–water partition coefficient (Wildman–Crippen LogP) is 0.923. The van der Waals surface area contributed by atoms with Gasteiger partial charge in [0.05, 0.1) is 6.10 Å². The second-order valence-corrected chi connectivity index (χ2v) is 5.48. The van der Waals surface area contributed by atoms with Crippen molar-refractivity contribution >= 4 is 5.82 Å². The summed E-state index contributed by atoms with van der Waals surface area (Å²) in [7, 11) is 2.17. The van der Waals surface area contributed by atoms with Gasteiger partial charge < -0.3 is 15.0 Å². The molecule has 0 spiro atoms. The van der Waals surface area contributed by atoms with Crippen LogP contribution in [-0.2, 0) is 0 Å². The van der Waals surface area contributed by atoms with Crippen molar-refractivity contribution in [2.75, 3.05) is 51.6 Å². The van der Waals surface area contributed by atoms with Crippen molar-refractivity contribution in [1.82, 2.24) is 19.8 Å². The van der Waals surface area contributed by atoms with Crippen LogP contribution in [-0.4, -0.2) is 72.2 Å². The molecule has 0 amide bonds. The lowest BCUT2D eigenvalue weighted by Gasteiger charge is -2.32. The van der Waals surface area contributed by atoms with E-state index in [4.69, 9.17) is 4.74 Å². The van der Waals surface area contributed by atoms with Crippen LogP contribution in [0.3, 0.4) is 0 Å². The van der Waals surface area contributed by atoms with E-state index < -0.39 is 0 Å². The Kier molecular flexibility index (Phi) is 5.55.